The zero-order valence-electron chi connectivity index (χ0n) is 13.6. The molecule has 126 valence electrons. The number of thiophene rings is 1. The van der Waals surface area contributed by atoms with Crippen molar-refractivity contribution in [2.45, 2.75) is 20.0 Å². The van der Waals surface area contributed by atoms with Crippen molar-refractivity contribution < 1.29 is 9.80 Å². The number of piperazine rings is 1. The molecule has 4 rings (SSSR count). The first kappa shape index (κ1) is 15.9. The standard InChI is InChI=1S/C16H19N5OS2/c1-12-9-15(22)21-16(17-12)24-14(18-21)11-20-6-4-19(5-7-20)10-13-3-2-8-23-13/h2-3,8-9H,4-7,10-11H2,1H3/p+2. The summed E-state index contributed by atoms with van der Waals surface area (Å²) in [5, 5.41) is 7.62. The van der Waals surface area contributed by atoms with Crippen molar-refractivity contribution in [3.63, 3.8) is 0 Å². The molecule has 3 aromatic heterocycles. The molecule has 1 aliphatic rings. The molecular formula is C16H21N5OS2+2. The summed E-state index contributed by atoms with van der Waals surface area (Å²) in [5.41, 5.74) is 0.675. The molecule has 0 radical (unpaired) electrons. The topological polar surface area (TPSA) is 56.1 Å². The van der Waals surface area contributed by atoms with Crippen molar-refractivity contribution in [1.29, 1.82) is 0 Å². The van der Waals surface area contributed by atoms with Crippen LogP contribution in [0, 0.1) is 6.92 Å². The summed E-state index contributed by atoms with van der Waals surface area (Å²) in [6.07, 6.45) is 0. The van der Waals surface area contributed by atoms with Crippen molar-refractivity contribution in [1.82, 2.24) is 14.6 Å². The molecule has 0 atom stereocenters. The zero-order valence-corrected chi connectivity index (χ0v) is 15.3. The fraction of sp³-hybridized carbons (Fsp3) is 0.438. The molecule has 3 aromatic rings. The number of aromatic nitrogens is 3. The molecule has 6 nitrogen and oxygen atoms in total. The van der Waals surface area contributed by atoms with Gasteiger partial charge in [0.25, 0.3) is 5.56 Å². The number of rotatable bonds is 4. The molecule has 0 spiro atoms. The Bertz CT molecular complexity index is 878. The van der Waals surface area contributed by atoms with Gasteiger partial charge in [-0.25, -0.2) is 4.98 Å². The van der Waals surface area contributed by atoms with Crippen LogP contribution in [0.3, 0.4) is 0 Å². The van der Waals surface area contributed by atoms with Crippen LogP contribution in [-0.4, -0.2) is 40.8 Å². The summed E-state index contributed by atoms with van der Waals surface area (Å²) in [5.74, 6) is 0. The maximum absolute atomic E-state index is 12.0. The van der Waals surface area contributed by atoms with Crippen molar-refractivity contribution >= 4 is 27.6 Å². The summed E-state index contributed by atoms with van der Waals surface area (Å²) >= 11 is 3.39. The normalized spacial score (nSPS) is 21.4. The van der Waals surface area contributed by atoms with Crippen molar-refractivity contribution in [3.05, 3.63) is 49.5 Å². The van der Waals surface area contributed by atoms with Crippen LogP contribution < -0.4 is 15.4 Å². The lowest BCUT2D eigenvalue weighted by Crippen LogP contribution is -3.27. The van der Waals surface area contributed by atoms with Crippen LogP contribution in [0.1, 0.15) is 15.6 Å². The highest BCUT2D eigenvalue weighted by Gasteiger charge is 2.24. The predicted octanol–water partition coefficient (Wildman–Crippen LogP) is -0.995. The third-order valence-corrected chi connectivity index (χ3v) is 6.27. The number of hydrogen-bond acceptors (Lipinski definition) is 5. The first-order valence-corrected chi connectivity index (χ1v) is 9.93. The summed E-state index contributed by atoms with van der Waals surface area (Å²) in [6.45, 7) is 8.56. The second kappa shape index (κ2) is 6.72. The molecule has 0 aliphatic carbocycles. The molecule has 24 heavy (non-hydrogen) atoms. The Hall–Kier alpha value is -1.61. The van der Waals surface area contributed by atoms with Crippen LogP contribution in [0.5, 0.6) is 0 Å². The molecule has 1 fully saturated rings. The Morgan fingerprint density at radius 3 is 2.67 bits per heavy atom. The van der Waals surface area contributed by atoms with Gasteiger partial charge in [-0.3, -0.25) is 4.79 Å². The fourth-order valence-corrected chi connectivity index (χ4v) is 5.01. The minimum absolute atomic E-state index is 0.0831. The Labute approximate surface area is 148 Å². The predicted molar refractivity (Wildman–Crippen MR) is 95.0 cm³/mol. The second-order valence-corrected chi connectivity index (χ2v) is 8.43. The number of hydrogen-bond donors (Lipinski definition) is 2. The lowest BCUT2D eigenvalue weighted by molar-refractivity contribution is -1.02. The number of quaternary nitrogens is 2. The smallest absolute Gasteiger partial charge is 0.275 e. The maximum atomic E-state index is 12.0. The monoisotopic (exact) mass is 363 g/mol. The van der Waals surface area contributed by atoms with Gasteiger partial charge < -0.3 is 9.80 Å². The van der Waals surface area contributed by atoms with Gasteiger partial charge in [-0.05, 0) is 18.4 Å². The van der Waals surface area contributed by atoms with Gasteiger partial charge in [0.05, 0.1) is 4.88 Å². The third-order valence-electron chi connectivity index (χ3n) is 4.48. The average molecular weight is 364 g/mol. The Morgan fingerprint density at radius 1 is 1.21 bits per heavy atom. The molecule has 1 saturated heterocycles. The van der Waals surface area contributed by atoms with Crippen molar-refractivity contribution in [3.8, 4) is 0 Å². The van der Waals surface area contributed by atoms with E-state index in [2.05, 4.69) is 27.6 Å². The summed E-state index contributed by atoms with van der Waals surface area (Å²) in [7, 11) is 0. The van der Waals surface area contributed by atoms with E-state index in [0.29, 0.717) is 4.96 Å². The van der Waals surface area contributed by atoms with E-state index in [1.165, 1.54) is 39.9 Å². The fourth-order valence-electron chi connectivity index (χ4n) is 3.22. The molecule has 0 amide bonds. The highest BCUT2D eigenvalue weighted by molar-refractivity contribution is 7.16. The zero-order chi connectivity index (χ0) is 16.5. The number of nitrogens with one attached hydrogen (secondary N) is 2. The molecule has 0 unspecified atom stereocenters. The molecular weight excluding hydrogens is 342 g/mol. The molecule has 0 bridgehead atoms. The molecule has 0 saturated carbocycles. The summed E-state index contributed by atoms with van der Waals surface area (Å²) in [6, 6.07) is 5.90. The number of nitrogens with zero attached hydrogens (tertiary/aromatic N) is 3. The highest BCUT2D eigenvalue weighted by atomic mass is 32.1. The van der Waals surface area contributed by atoms with Gasteiger partial charge in [0.15, 0.2) is 5.01 Å². The lowest BCUT2D eigenvalue weighted by atomic mass is 10.3. The van der Waals surface area contributed by atoms with Gasteiger partial charge in [-0.1, -0.05) is 17.4 Å². The molecule has 1 aliphatic heterocycles. The highest BCUT2D eigenvalue weighted by Crippen LogP contribution is 2.10. The van der Waals surface area contributed by atoms with E-state index in [4.69, 9.17) is 0 Å². The maximum Gasteiger partial charge on any atom is 0.275 e. The van der Waals surface area contributed by atoms with Gasteiger partial charge in [-0.2, -0.15) is 9.61 Å². The Kier molecular flexibility index (Phi) is 4.45. The van der Waals surface area contributed by atoms with Gasteiger partial charge in [0.1, 0.15) is 39.3 Å². The Balaban J connectivity index is 1.38. The van der Waals surface area contributed by atoms with E-state index in [1.54, 1.807) is 9.80 Å². The van der Waals surface area contributed by atoms with Crippen LogP contribution in [-0.2, 0) is 13.1 Å². The first-order valence-electron chi connectivity index (χ1n) is 8.23. The first-order chi connectivity index (χ1) is 11.7. The van der Waals surface area contributed by atoms with Crippen LogP contribution >= 0.6 is 22.7 Å². The minimum Gasteiger partial charge on any atom is -0.321 e. The minimum atomic E-state index is -0.0831. The van der Waals surface area contributed by atoms with Gasteiger partial charge in [-0.15, -0.1) is 11.3 Å². The average Bonchev–Trinajstić information content (AvgIpc) is 3.19. The SMILES string of the molecule is Cc1cc(=O)n2nc(C[NH+]3CC[NH+](Cc4cccs4)CC3)sc2n1. The van der Waals surface area contributed by atoms with Crippen LogP contribution in [0.4, 0.5) is 0 Å². The molecule has 2 N–H and O–H groups in total. The number of aryl methyl sites for hydroxylation is 1. The van der Waals surface area contributed by atoms with Gasteiger partial charge in [0.2, 0.25) is 4.96 Å². The molecule has 8 heteroatoms. The van der Waals surface area contributed by atoms with E-state index < -0.39 is 0 Å². The van der Waals surface area contributed by atoms with E-state index in [-0.39, 0.29) is 5.56 Å². The largest absolute Gasteiger partial charge is 0.321 e. The Morgan fingerprint density at radius 2 is 1.96 bits per heavy atom. The van der Waals surface area contributed by atoms with E-state index in [1.807, 2.05) is 18.3 Å². The van der Waals surface area contributed by atoms with E-state index in [9.17, 15) is 4.79 Å². The van der Waals surface area contributed by atoms with Crippen molar-refractivity contribution in [2.24, 2.45) is 0 Å². The van der Waals surface area contributed by atoms with E-state index >= 15 is 0 Å². The third kappa shape index (κ3) is 3.41. The van der Waals surface area contributed by atoms with E-state index in [0.717, 1.165) is 36.9 Å². The quantitative estimate of drug-likeness (QED) is 0.626. The lowest BCUT2D eigenvalue weighted by Gasteiger charge is -2.28. The summed E-state index contributed by atoms with van der Waals surface area (Å²) < 4.78 is 1.44. The van der Waals surface area contributed by atoms with Crippen molar-refractivity contribution in [2.75, 3.05) is 26.2 Å². The van der Waals surface area contributed by atoms with Crippen LogP contribution in [0.15, 0.2) is 28.4 Å². The summed E-state index contributed by atoms with van der Waals surface area (Å²) in [4.78, 5) is 21.8. The molecule has 4 heterocycles. The van der Waals surface area contributed by atoms with Gasteiger partial charge in [0, 0.05) is 11.8 Å². The van der Waals surface area contributed by atoms with Crippen LogP contribution in [0.25, 0.3) is 4.96 Å². The van der Waals surface area contributed by atoms with Gasteiger partial charge >= 0.3 is 0 Å². The number of fused-ring (bicyclic) bond motifs is 1. The molecule has 0 aromatic carbocycles. The van der Waals surface area contributed by atoms with Crippen LogP contribution in [0.2, 0.25) is 0 Å². The second-order valence-electron chi connectivity index (χ2n) is 6.36.